The van der Waals surface area contributed by atoms with E-state index in [1.165, 1.54) is 11.8 Å². The van der Waals surface area contributed by atoms with E-state index in [0.29, 0.717) is 25.8 Å². The second-order valence-electron chi connectivity index (χ2n) is 6.32. The number of carbonyl (C=O) groups excluding carboxylic acids is 3. The number of hydrogen-bond donors (Lipinski definition) is 3. The van der Waals surface area contributed by atoms with Crippen molar-refractivity contribution < 1.29 is 24.3 Å². The van der Waals surface area contributed by atoms with Gasteiger partial charge in [-0.25, -0.2) is 9.79 Å². The molecule has 2 fully saturated rings. The molecule has 0 spiro atoms. The number of amides is 3. The molecule has 3 amide bonds. The van der Waals surface area contributed by atoms with Gasteiger partial charge in [-0.05, 0) is 25.7 Å². The Balaban J connectivity index is 2.05. The Hall–Kier alpha value is -2.65. The molecule has 138 valence electrons. The van der Waals surface area contributed by atoms with Crippen molar-refractivity contribution in [3.05, 3.63) is 0 Å². The fraction of sp³-hybridized carbons (Fsp3) is 0.667. The summed E-state index contributed by atoms with van der Waals surface area (Å²) in [5, 5.41) is 9.23. The van der Waals surface area contributed by atoms with Crippen molar-refractivity contribution in [3.63, 3.8) is 0 Å². The van der Waals surface area contributed by atoms with Crippen LogP contribution in [0.25, 0.3) is 0 Å². The summed E-state index contributed by atoms with van der Waals surface area (Å²) in [7, 11) is 0. The van der Waals surface area contributed by atoms with Gasteiger partial charge in [-0.1, -0.05) is 0 Å². The Morgan fingerprint density at radius 2 is 2.04 bits per heavy atom. The van der Waals surface area contributed by atoms with Crippen LogP contribution in [-0.4, -0.2) is 69.2 Å². The van der Waals surface area contributed by atoms with E-state index >= 15 is 0 Å². The zero-order valence-electron chi connectivity index (χ0n) is 14.1. The highest BCUT2D eigenvalue weighted by atomic mass is 16.4. The number of carboxylic acids is 1. The van der Waals surface area contributed by atoms with Crippen molar-refractivity contribution in [3.8, 4) is 0 Å². The van der Waals surface area contributed by atoms with E-state index in [-0.39, 0.29) is 36.7 Å². The van der Waals surface area contributed by atoms with Crippen LogP contribution in [0.2, 0.25) is 0 Å². The fourth-order valence-corrected chi connectivity index (χ4v) is 3.40. The fourth-order valence-electron chi connectivity index (χ4n) is 3.40. The van der Waals surface area contributed by atoms with E-state index in [2.05, 4.69) is 4.99 Å². The van der Waals surface area contributed by atoms with Gasteiger partial charge in [-0.2, -0.15) is 0 Å². The minimum absolute atomic E-state index is 0.224. The van der Waals surface area contributed by atoms with Gasteiger partial charge in [-0.3, -0.25) is 19.3 Å². The largest absolute Gasteiger partial charge is 0.480 e. The molecule has 0 bridgehead atoms. The summed E-state index contributed by atoms with van der Waals surface area (Å²) < 4.78 is 0. The van der Waals surface area contributed by atoms with Crippen LogP contribution < -0.4 is 11.5 Å². The van der Waals surface area contributed by atoms with Crippen molar-refractivity contribution in [1.82, 2.24) is 9.80 Å². The monoisotopic (exact) mass is 353 g/mol. The van der Waals surface area contributed by atoms with Gasteiger partial charge in [0.25, 0.3) is 0 Å². The van der Waals surface area contributed by atoms with Gasteiger partial charge < -0.3 is 21.5 Å². The summed E-state index contributed by atoms with van der Waals surface area (Å²) in [4.78, 5) is 53.2. The zero-order valence-corrected chi connectivity index (χ0v) is 14.1. The average Bonchev–Trinajstić information content (AvgIpc) is 2.97. The smallest absolute Gasteiger partial charge is 0.326 e. The molecule has 2 heterocycles. The highest BCUT2D eigenvalue weighted by molar-refractivity contribution is 5.99. The molecule has 0 aromatic heterocycles. The highest BCUT2D eigenvalue weighted by Gasteiger charge is 2.41. The molecule has 2 rings (SSSR count). The normalized spacial score (nSPS) is 23.8. The van der Waals surface area contributed by atoms with Crippen LogP contribution in [0.4, 0.5) is 0 Å². The first-order valence-corrected chi connectivity index (χ1v) is 8.17. The van der Waals surface area contributed by atoms with Crippen LogP contribution in [0.1, 0.15) is 39.0 Å². The number of guanidine groups is 1. The van der Waals surface area contributed by atoms with Crippen molar-refractivity contribution in [1.29, 1.82) is 0 Å². The van der Waals surface area contributed by atoms with E-state index < -0.39 is 24.0 Å². The Kier molecular flexibility index (Phi) is 5.60. The van der Waals surface area contributed by atoms with Gasteiger partial charge >= 0.3 is 5.97 Å². The number of hydrogen-bond acceptors (Lipinski definition) is 5. The molecule has 3 unspecified atom stereocenters. The molecule has 10 nitrogen and oxygen atoms in total. The van der Waals surface area contributed by atoms with Crippen LogP contribution in [-0.2, 0) is 19.2 Å². The molecular weight excluding hydrogens is 330 g/mol. The molecule has 25 heavy (non-hydrogen) atoms. The second kappa shape index (κ2) is 7.49. The van der Waals surface area contributed by atoms with Crippen LogP contribution in [0, 0.1) is 0 Å². The standard InChI is InChI=1S/C15H23N5O5/c1-8(21)20-9(7-12(20)22)4-5-10(18-15(16)17)13(23)19-6-2-3-11(19)14(24)25/h9-11H,2-7H2,1H3,(H,24,25)(H4,16,17,18). The van der Waals surface area contributed by atoms with E-state index in [9.17, 15) is 24.3 Å². The number of aliphatic carboxylic acids is 1. The van der Waals surface area contributed by atoms with Crippen molar-refractivity contribution in [2.45, 2.75) is 57.2 Å². The third kappa shape index (κ3) is 4.06. The topological polar surface area (TPSA) is 159 Å². The Bertz CT molecular complexity index is 607. The van der Waals surface area contributed by atoms with E-state index in [4.69, 9.17) is 11.5 Å². The lowest BCUT2D eigenvalue weighted by atomic mass is 9.94. The molecule has 0 aromatic rings. The molecular formula is C15H23N5O5. The van der Waals surface area contributed by atoms with Crippen LogP contribution in [0.15, 0.2) is 4.99 Å². The van der Waals surface area contributed by atoms with Crippen LogP contribution in [0.3, 0.4) is 0 Å². The maximum atomic E-state index is 12.7. The Morgan fingerprint density at radius 1 is 1.36 bits per heavy atom. The number of β-lactam (4-membered cyclic amide) rings is 1. The average molecular weight is 353 g/mol. The third-order valence-electron chi connectivity index (χ3n) is 4.57. The maximum Gasteiger partial charge on any atom is 0.326 e. The minimum atomic E-state index is -1.05. The zero-order chi connectivity index (χ0) is 18.7. The first kappa shape index (κ1) is 18.7. The summed E-state index contributed by atoms with van der Waals surface area (Å²) >= 11 is 0. The number of carbonyl (C=O) groups is 4. The summed E-state index contributed by atoms with van der Waals surface area (Å²) in [6.07, 6.45) is 1.84. The van der Waals surface area contributed by atoms with Gasteiger partial charge in [-0.15, -0.1) is 0 Å². The van der Waals surface area contributed by atoms with Crippen LogP contribution in [0.5, 0.6) is 0 Å². The number of carboxylic acid groups (broad SMARTS) is 1. The van der Waals surface area contributed by atoms with Gasteiger partial charge in [0.2, 0.25) is 17.7 Å². The first-order valence-electron chi connectivity index (χ1n) is 8.17. The van der Waals surface area contributed by atoms with Crippen molar-refractivity contribution in [2.75, 3.05) is 6.54 Å². The quantitative estimate of drug-likeness (QED) is 0.302. The van der Waals surface area contributed by atoms with Gasteiger partial charge in [0, 0.05) is 25.9 Å². The summed E-state index contributed by atoms with van der Waals surface area (Å²) in [5.74, 6) is -2.35. The number of imide groups is 1. The first-order chi connectivity index (χ1) is 11.7. The molecule has 0 radical (unpaired) electrons. The molecule has 0 aliphatic carbocycles. The molecule has 10 heteroatoms. The summed E-state index contributed by atoms with van der Waals surface area (Å²) in [6.45, 7) is 1.65. The predicted molar refractivity (Wildman–Crippen MR) is 87.1 cm³/mol. The van der Waals surface area contributed by atoms with Gasteiger partial charge in [0.15, 0.2) is 5.96 Å². The second-order valence-corrected chi connectivity index (χ2v) is 6.32. The van der Waals surface area contributed by atoms with Gasteiger partial charge in [0.05, 0.1) is 0 Å². The molecule has 3 atom stereocenters. The number of likely N-dealkylation sites (tertiary alicyclic amines) is 2. The highest BCUT2D eigenvalue weighted by Crippen LogP contribution is 2.26. The lowest BCUT2D eigenvalue weighted by molar-refractivity contribution is -0.157. The minimum Gasteiger partial charge on any atom is -0.480 e. The Morgan fingerprint density at radius 3 is 2.56 bits per heavy atom. The number of rotatable bonds is 6. The SMILES string of the molecule is CC(=O)N1C(=O)CC1CCC(N=C(N)N)C(=O)N1CCCC1C(=O)O. The number of nitrogens with two attached hydrogens (primary N) is 2. The predicted octanol–water partition coefficient (Wildman–Crippen LogP) is -1.37. The molecule has 5 N–H and O–H groups in total. The van der Waals surface area contributed by atoms with Crippen molar-refractivity contribution >= 4 is 29.7 Å². The molecule has 2 saturated heterocycles. The summed E-state index contributed by atoms with van der Waals surface area (Å²) in [5.41, 5.74) is 10.8. The van der Waals surface area contributed by atoms with Crippen molar-refractivity contribution in [2.24, 2.45) is 16.5 Å². The summed E-state index contributed by atoms with van der Waals surface area (Å²) in [6, 6.07) is -2.07. The number of nitrogens with zero attached hydrogens (tertiary/aromatic N) is 3. The van der Waals surface area contributed by atoms with E-state index in [1.54, 1.807) is 0 Å². The maximum absolute atomic E-state index is 12.7. The number of aliphatic imine (C=N–C) groups is 1. The molecule has 2 aliphatic heterocycles. The molecule has 0 aromatic carbocycles. The van der Waals surface area contributed by atoms with Crippen LogP contribution >= 0.6 is 0 Å². The lowest BCUT2D eigenvalue weighted by Gasteiger charge is -2.38. The van der Waals surface area contributed by atoms with E-state index in [1.807, 2.05) is 0 Å². The molecule has 0 saturated carbocycles. The Labute approximate surface area is 144 Å². The third-order valence-corrected chi connectivity index (χ3v) is 4.57. The van der Waals surface area contributed by atoms with E-state index in [0.717, 1.165) is 4.90 Å². The molecule has 2 aliphatic rings. The van der Waals surface area contributed by atoms with Gasteiger partial charge in [0.1, 0.15) is 12.1 Å². The lowest BCUT2D eigenvalue weighted by Crippen LogP contribution is -2.55.